The summed E-state index contributed by atoms with van der Waals surface area (Å²) >= 11 is 0. The van der Waals surface area contributed by atoms with Crippen LogP contribution in [-0.2, 0) is 20.2 Å². The van der Waals surface area contributed by atoms with Gasteiger partial charge in [-0.05, 0) is 60.7 Å². The zero-order chi connectivity index (χ0) is 31.1. The molecule has 0 saturated heterocycles. The van der Waals surface area contributed by atoms with E-state index in [0.29, 0.717) is 11.1 Å². The molecule has 45 heavy (non-hydrogen) atoms. The molecule has 0 aromatic heterocycles. The Morgan fingerprint density at radius 2 is 1.18 bits per heavy atom. The van der Waals surface area contributed by atoms with E-state index >= 15 is 0 Å². The van der Waals surface area contributed by atoms with E-state index in [2.05, 4.69) is 20.5 Å². The van der Waals surface area contributed by atoms with Gasteiger partial charge < -0.3 is 19.9 Å². The van der Waals surface area contributed by atoms with Crippen LogP contribution in [0.3, 0.4) is 0 Å². The van der Waals surface area contributed by atoms with E-state index in [1.165, 1.54) is 54.6 Å². The van der Waals surface area contributed by atoms with Gasteiger partial charge >= 0.3 is 37.7 Å². The van der Waals surface area contributed by atoms with Crippen molar-refractivity contribution in [1.29, 1.82) is 0 Å². The summed E-state index contributed by atoms with van der Waals surface area (Å²) in [5.74, 6) is -0.597. The molecule has 0 aliphatic carbocycles. The van der Waals surface area contributed by atoms with Gasteiger partial charge in [-0.15, -0.1) is 15.3 Å². The number of non-ortho nitro benzene ring substituents is 1. The van der Waals surface area contributed by atoms with Crippen molar-refractivity contribution in [3.8, 4) is 5.75 Å². The number of nitrogen functional groups attached to an aromatic ring is 1. The van der Waals surface area contributed by atoms with Crippen molar-refractivity contribution in [2.45, 2.75) is 9.79 Å². The van der Waals surface area contributed by atoms with Gasteiger partial charge in [0.2, 0.25) is 0 Å². The molecule has 0 radical (unpaired) electrons. The van der Waals surface area contributed by atoms with E-state index in [-0.39, 0.29) is 82.3 Å². The van der Waals surface area contributed by atoms with E-state index < -0.39 is 40.7 Å². The minimum atomic E-state index is -4.91. The number of nitro benzene ring substituents is 1. The standard InChI is InChI=1S/C26H18N6O9S2.2Li/c27-21-7-8-24(26-20(21)12-17(13-25(26)33)43(39,40)41)31-30-23-10-9-22(18-6-5-16(11-19(18)23)42(36,37)38)29-28-14-1-3-15(4-2-14)32(34)35;;/h1-13,33H,27H2,(H,36,37,38)(H,39,40,41);;/q;2*+1/p-2. The summed E-state index contributed by atoms with van der Waals surface area (Å²) in [5, 5.41) is 38.4. The summed E-state index contributed by atoms with van der Waals surface area (Å²) in [6.07, 6.45) is 0. The number of benzene rings is 5. The minimum absolute atomic E-state index is 0. The first kappa shape index (κ1) is 35.3. The first-order valence-corrected chi connectivity index (χ1v) is 14.7. The van der Waals surface area contributed by atoms with Crippen LogP contribution in [0.25, 0.3) is 21.5 Å². The molecule has 5 aromatic rings. The van der Waals surface area contributed by atoms with Crippen molar-refractivity contribution >= 4 is 75.9 Å². The Hall–Kier alpha value is -4.17. The Balaban J connectivity index is 0.00000276. The molecule has 3 N–H and O–H groups in total. The van der Waals surface area contributed by atoms with Gasteiger partial charge in [-0.25, -0.2) is 16.8 Å². The van der Waals surface area contributed by atoms with Gasteiger partial charge in [-0.2, -0.15) is 5.11 Å². The van der Waals surface area contributed by atoms with Crippen LogP contribution in [0.2, 0.25) is 0 Å². The summed E-state index contributed by atoms with van der Waals surface area (Å²) in [5.41, 5.74) is 6.49. The summed E-state index contributed by atoms with van der Waals surface area (Å²) in [6.45, 7) is 0. The van der Waals surface area contributed by atoms with E-state index in [1.807, 2.05) is 0 Å². The summed E-state index contributed by atoms with van der Waals surface area (Å²) in [4.78, 5) is 9.06. The Morgan fingerprint density at radius 1 is 0.644 bits per heavy atom. The third kappa shape index (κ3) is 7.56. The van der Waals surface area contributed by atoms with Crippen molar-refractivity contribution in [3.63, 3.8) is 0 Å². The summed E-state index contributed by atoms with van der Waals surface area (Å²) in [6, 6.07) is 16.2. The van der Waals surface area contributed by atoms with Crippen molar-refractivity contribution in [2.24, 2.45) is 20.5 Å². The molecule has 0 unspecified atom stereocenters. The molecular formula is C26H16Li2N6O9S2. The molecule has 0 saturated carbocycles. The molecule has 19 heteroatoms. The number of hydrogen-bond acceptors (Lipinski definition) is 14. The molecule has 0 fully saturated rings. The third-order valence-electron chi connectivity index (χ3n) is 6.20. The predicted octanol–water partition coefficient (Wildman–Crippen LogP) is -0.164. The molecule has 5 aromatic carbocycles. The number of nitrogens with two attached hydrogens (primary N) is 1. The maximum atomic E-state index is 11.7. The normalized spacial score (nSPS) is 12.0. The fourth-order valence-corrected chi connectivity index (χ4v) is 5.17. The third-order valence-corrected chi connectivity index (χ3v) is 7.84. The topological polar surface area (TPSA) is 253 Å². The van der Waals surface area contributed by atoms with Gasteiger partial charge in [0.15, 0.2) is 0 Å². The zero-order valence-corrected chi connectivity index (χ0v) is 25.0. The predicted molar refractivity (Wildman–Crippen MR) is 151 cm³/mol. The van der Waals surface area contributed by atoms with Crippen LogP contribution in [-0.4, -0.2) is 36.0 Å². The van der Waals surface area contributed by atoms with Crippen molar-refractivity contribution in [1.82, 2.24) is 0 Å². The van der Waals surface area contributed by atoms with Crippen LogP contribution in [0.1, 0.15) is 0 Å². The number of hydrogen-bond donors (Lipinski definition) is 2. The Bertz CT molecular complexity index is 2250. The first-order chi connectivity index (χ1) is 20.2. The monoisotopic (exact) mass is 634 g/mol. The molecule has 15 nitrogen and oxygen atoms in total. The van der Waals surface area contributed by atoms with Gasteiger partial charge in [-0.1, -0.05) is 6.07 Å². The van der Waals surface area contributed by atoms with E-state index in [1.54, 1.807) is 0 Å². The van der Waals surface area contributed by atoms with Crippen LogP contribution >= 0.6 is 0 Å². The fourth-order valence-electron chi connectivity index (χ4n) is 4.15. The molecule has 0 amide bonds. The number of rotatable bonds is 7. The molecule has 0 aliphatic heterocycles. The number of nitrogens with zero attached hydrogens (tertiary/aromatic N) is 5. The number of nitro groups is 1. The largest absolute Gasteiger partial charge is 1.00 e. The quantitative estimate of drug-likeness (QED) is 0.0597. The first-order valence-electron chi connectivity index (χ1n) is 11.8. The second kappa shape index (κ2) is 13.4. The molecule has 0 heterocycles. The van der Waals surface area contributed by atoms with Gasteiger partial charge in [0.05, 0.1) is 42.9 Å². The Labute approximate surface area is 278 Å². The Kier molecular flexibility index (Phi) is 10.6. The van der Waals surface area contributed by atoms with Crippen LogP contribution in [0.5, 0.6) is 5.75 Å². The molecule has 0 bridgehead atoms. The molecule has 218 valence electrons. The van der Waals surface area contributed by atoms with E-state index in [4.69, 9.17) is 5.73 Å². The minimum Gasteiger partial charge on any atom is -0.744 e. The summed E-state index contributed by atoms with van der Waals surface area (Å²) < 4.78 is 69.7. The fraction of sp³-hybridized carbons (Fsp3) is 0. The van der Waals surface area contributed by atoms with Crippen molar-refractivity contribution < 1.29 is 73.7 Å². The number of anilines is 1. The van der Waals surface area contributed by atoms with Gasteiger partial charge in [-0.3, -0.25) is 10.1 Å². The SMILES string of the molecule is Nc1ccc(N=Nc2ccc(N=Nc3ccc([N+](=O)[O-])cc3)c3ccc(S(=O)(=O)[O-])cc23)c2c(O)cc(S(=O)(=O)[O-])cc12.[Li+].[Li+]. The maximum absolute atomic E-state index is 11.7. The molecular weight excluding hydrogens is 618 g/mol. The second-order valence-electron chi connectivity index (χ2n) is 8.93. The van der Waals surface area contributed by atoms with Gasteiger partial charge in [0.25, 0.3) is 5.69 Å². The number of phenols is 1. The van der Waals surface area contributed by atoms with E-state index in [0.717, 1.165) is 24.3 Å². The number of aromatic hydroxyl groups is 1. The average Bonchev–Trinajstić information content (AvgIpc) is 2.95. The van der Waals surface area contributed by atoms with Gasteiger partial charge in [0, 0.05) is 34.0 Å². The molecule has 0 aliphatic rings. The number of azo groups is 2. The van der Waals surface area contributed by atoms with Crippen LogP contribution in [0.4, 0.5) is 34.1 Å². The van der Waals surface area contributed by atoms with Crippen LogP contribution in [0.15, 0.2) is 109 Å². The van der Waals surface area contributed by atoms with Crippen LogP contribution in [0, 0.1) is 10.1 Å². The average molecular weight is 634 g/mol. The number of phenolic OH excluding ortho intramolecular Hbond substituents is 1. The van der Waals surface area contributed by atoms with Crippen molar-refractivity contribution in [3.05, 3.63) is 89.0 Å². The molecule has 0 atom stereocenters. The van der Waals surface area contributed by atoms with E-state index in [9.17, 15) is 41.2 Å². The smallest absolute Gasteiger partial charge is 0.744 e. The maximum Gasteiger partial charge on any atom is 1.00 e. The zero-order valence-electron chi connectivity index (χ0n) is 23.3. The summed E-state index contributed by atoms with van der Waals surface area (Å²) in [7, 11) is -9.78. The Morgan fingerprint density at radius 3 is 1.78 bits per heavy atom. The molecule has 0 spiro atoms. The van der Waals surface area contributed by atoms with Gasteiger partial charge in [0.1, 0.15) is 26.0 Å². The molecule has 5 rings (SSSR count). The van der Waals surface area contributed by atoms with Crippen LogP contribution < -0.4 is 43.5 Å². The van der Waals surface area contributed by atoms with Crippen molar-refractivity contribution in [2.75, 3.05) is 5.73 Å². The second-order valence-corrected chi connectivity index (χ2v) is 11.7. The number of fused-ring (bicyclic) bond motifs is 2.